The van der Waals surface area contributed by atoms with Gasteiger partial charge in [-0.25, -0.2) is 9.37 Å². The molecule has 1 aromatic heterocycles. The number of nitrogens with two attached hydrogens (primary N) is 1. The van der Waals surface area contributed by atoms with Crippen molar-refractivity contribution in [2.24, 2.45) is 5.73 Å². The van der Waals surface area contributed by atoms with Crippen molar-refractivity contribution >= 4 is 46.6 Å². The Morgan fingerprint density at radius 3 is 2.57 bits per heavy atom. The van der Waals surface area contributed by atoms with E-state index in [4.69, 9.17) is 22.6 Å². The SMILES string of the molecule is C=CC(=O)N(C)c1cc(Nc2ncc(Cl)c(NCCCC)n2)ccc1F.N#Cc1ccc(C(N)=O)cc1. The first-order chi connectivity index (χ1) is 17.7. The molecular weight excluding hydrogens is 497 g/mol. The zero-order valence-corrected chi connectivity index (χ0v) is 21.2. The standard InChI is InChI=1S/C18H21ClFN5O.C8H6N2O/c1-4-6-9-21-17-13(19)11-22-18(24-17)23-12-7-8-14(20)15(10-12)25(3)16(26)5-2;9-5-6-1-3-7(4-2-6)8(10)11/h5,7-8,10-11H,2,4,6,9H2,1,3H3,(H2,21,22,23,24);1-4H,(H2,10,11). The molecule has 0 aliphatic rings. The normalized spacial score (nSPS) is 9.81. The molecule has 0 atom stereocenters. The van der Waals surface area contributed by atoms with Crippen LogP contribution in [0.15, 0.2) is 61.3 Å². The lowest BCUT2D eigenvalue weighted by Gasteiger charge is -2.17. The molecule has 0 spiro atoms. The van der Waals surface area contributed by atoms with Crippen LogP contribution in [-0.4, -0.2) is 35.4 Å². The topological polar surface area (TPSA) is 137 Å². The molecule has 1 heterocycles. The zero-order chi connectivity index (χ0) is 27.4. The van der Waals surface area contributed by atoms with Crippen LogP contribution in [0.4, 0.5) is 27.5 Å². The molecule has 3 rings (SSSR count). The number of rotatable bonds is 9. The second kappa shape index (κ2) is 14.2. The number of hydrogen-bond donors (Lipinski definition) is 3. The van der Waals surface area contributed by atoms with Crippen molar-refractivity contribution in [1.82, 2.24) is 9.97 Å². The summed E-state index contributed by atoms with van der Waals surface area (Å²) in [6.45, 7) is 6.25. The van der Waals surface area contributed by atoms with Gasteiger partial charge in [-0.15, -0.1) is 0 Å². The zero-order valence-electron chi connectivity index (χ0n) is 20.5. The van der Waals surface area contributed by atoms with Crippen molar-refractivity contribution in [3.63, 3.8) is 0 Å². The second-order valence-corrected chi connectivity index (χ2v) is 8.02. The van der Waals surface area contributed by atoms with Crippen LogP contribution < -0.4 is 21.3 Å². The maximum absolute atomic E-state index is 14.0. The molecular formula is C26H27ClFN7O2. The third kappa shape index (κ3) is 8.59. The molecule has 0 aliphatic heterocycles. The van der Waals surface area contributed by atoms with Gasteiger partial charge in [-0.05, 0) is 55.0 Å². The van der Waals surface area contributed by atoms with Crippen molar-refractivity contribution in [1.29, 1.82) is 5.26 Å². The Morgan fingerprint density at radius 1 is 1.27 bits per heavy atom. The Kier molecular flexibility index (Phi) is 11.0. The van der Waals surface area contributed by atoms with Crippen molar-refractivity contribution in [3.05, 3.63) is 83.3 Å². The average Bonchev–Trinajstić information content (AvgIpc) is 2.91. The fourth-order valence-electron chi connectivity index (χ4n) is 2.88. The average molecular weight is 524 g/mol. The number of primary amides is 1. The van der Waals surface area contributed by atoms with Crippen LogP contribution in [-0.2, 0) is 4.79 Å². The summed E-state index contributed by atoms with van der Waals surface area (Å²) >= 11 is 6.10. The Labute approximate surface area is 219 Å². The summed E-state index contributed by atoms with van der Waals surface area (Å²) in [7, 11) is 1.47. The highest BCUT2D eigenvalue weighted by Crippen LogP contribution is 2.26. The van der Waals surface area contributed by atoms with E-state index in [0.717, 1.165) is 25.5 Å². The Hall–Kier alpha value is -4.49. The maximum atomic E-state index is 14.0. The third-order valence-electron chi connectivity index (χ3n) is 4.93. The molecule has 11 heteroatoms. The predicted octanol–water partition coefficient (Wildman–Crippen LogP) is 5.03. The fourth-order valence-corrected chi connectivity index (χ4v) is 3.03. The summed E-state index contributed by atoms with van der Waals surface area (Å²) in [5.41, 5.74) is 6.58. The number of aromatic nitrogens is 2. The highest BCUT2D eigenvalue weighted by Gasteiger charge is 2.14. The molecule has 0 bridgehead atoms. The molecule has 3 aromatic rings. The predicted molar refractivity (Wildman–Crippen MR) is 143 cm³/mol. The number of carbonyl (C=O) groups is 2. The van der Waals surface area contributed by atoms with Gasteiger partial charge in [0, 0.05) is 24.8 Å². The minimum atomic E-state index is -0.521. The lowest BCUT2D eigenvalue weighted by Crippen LogP contribution is -2.24. The van der Waals surface area contributed by atoms with Gasteiger partial charge in [0.2, 0.25) is 17.8 Å². The summed E-state index contributed by atoms with van der Waals surface area (Å²) in [6, 6.07) is 12.4. The molecule has 9 nitrogen and oxygen atoms in total. The summed E-state index contributed by atoms with van der Waals surface area (Å²) < 4.78 is 14.0. The number of nitrogens with zero attached hydrogens (tertiary/aromatic N) is 4. The van der Waals surface area contributed by atoms with Crippen LogP contribution in [0.25, 0.3) is 0 Å². The van der Waals surface area contributed by atoms with E-state index in [1.807, 2.05) is 6.07 Å². The molecule has 0 fully saturated rings. The third-order valence-corrected chi connectivity index (χ3v) is 5.21. The second-order valence-electron chi connectivity index (χ2n) is 7.62. The number of likely N-dealkylation sites (N-methyl/N-ethyl adjacent to an activating group) is 1. The minimum Gasteiger partial charge on any atom is -0.369 e. The number of benzene rings is 2. The number of carbonyl (C=O) groups excluding carboxylic acids is 2. The lowest BCUT2D eigenvalue weighted by molar-refractivity contribution is -0.113. The molecule has 0 unspecified atom stereocenters. The van der Waals surface area contributed by atoms with Gasteiger partial charge in [0.25, 0.3) is 0 Å². The van der Waals surface area contributed by atoms with Crippen molar-refractivity contribution in [3.8, 4) is 6.07 Å². The summed E-state index contributed by atoms with van der Waals surface area (Å²) in [5, 5.41) is 15.0. The number of halogens is 2. The largest absolute Gasteiger partial charge is 0.369 e. The van der Waals surface area contributed by atoms with E-state index >= 15 is 0 Å². The minimum absolute atomic E-state index is 0.121. The van der Waals surface area contributed by atoms with E-state index in [0.29, 0.717) is 33.6 Å². The van der Waals surface area contributed by atoms with Gasteiger partial charge in [-0.3, -0.25) is 9.59 Å². The highest BCUT2D eigenvalue weighted by molar-refractivity contribution is 6.32. The van der Waals surface area contributed by atoms with Gasteiger partial charge >= 0.3 is 0 Å². The monoisotopic (exact) mass is 523 g/mol. The smallest absolute Gasteiger partial charge is 0.250 e. The van der Waals surface area contributed by atoms with Crippen LogP contribution in [0.3, 0.4) is 0 Å². The number of nitriles is 1. The maximum Gasteiger partial charge on any atom is 0.250 e. The van der Waals surface area contributed by atoms with Crippen molar-refractivity contribution in [2.75, 3.05) is 29.1 Å². The Balaban J connectivity index is 0.000000364. The van der Waals surface area contributed by atoms with E-state index in [1.165, 1.54) is 48.5 Å². The summed E-state index contributed by atoms with van der Waals surface area (Å²) in [5.74, 6) is -0.574. The van der Waals surface area contributed by atoms with E-state index in [9.17, 15) is 14.0 Å². The number of anilines is 4. The molecule has 4 N–H and O–H groups in total. The van der Waals surface area contributed by atoms with Gasteiger partial charge in [-0.2, -0.15) is 10.2 Å². The quantitative estimate of drug-likeness (QED) is 0.264. The van der Waals surface area contributed by atoms with Crippen LogP contribution >= 0.6 is 11.6 Å². The van der Waals surface area contributed by atoms with Crippen LogP contribution in [0.1, 0.15) is 35.7 Å². The molecule has 192 valence electrons. The summed E-state index contributed by atoms with van der Waals surface area (Å²) in [4.78, 5) is 31.9. The molecule has 0 radical (unpaired) electrons. The first-order valence-electron chi connectivity index (χ1n) is 11.2. The lowest BCUT2D eigenvalue weighted by atomic mass is 10.1. The number of amides is 2. The van der Waals surface area contributed by atoms with Crippen molar-refractivity contribution < 1.29 is 14.0 Å². The Bertz CT molecular complexity index is 1290. The Morgan fingerprint density at radius 2 is 1.97 bits per heavy atom. The molecule has 2 aromatic carbocycles. The van der Waals surface area contributed by atoms with Crippen molar-refractivity contribution in [2.45, 2.75) is 19.8 Å². The van der Waals surface area contributed by atoms with Gasteiger partial charge in [0.1, 0.15) is 16.7 Å². The number of unbranched alkanes of at least 4 members (excludes halogenated alkanes) is 1. The first kappa shape index (κ1) is 28.7. The van der Waals surface area contributed by atoms with E-state index < -0.39 is 17.6 Å². The van der Waals surface area contributed by atoms with E-state index in [1.54, 1.807) is 12.1 Å². The van der Waals surface area contributed by atoms with Gasteiger partial charge in [0.05, 0.1) is 23.5 Å². The van der Waals surface area contributed by atoms with Crippen LogP contribution in [0, 0.1) is 17.1 Å². The molecule has 0 saturated carbocycles. The number of nitrogens with one attached hydrogen (secondary N) is 2. The van der Waals surface area contributed by atoms with Crippen LogP contribution in [0.5, 0.6) is 0 Å². The highest BCUT2D eigenvalue weighted by atomic mass is 35.5. The van der Waals surface area contributed by atoms with Crippen LogP contribution in [0.2, 0.25) is 5.02 Å². The molecule has 37 heavy (non-hydrogen) atoms. The molecule has 0 aliphatic carbocycles. The number of hydrogen-bond acceptors (Lipinski definition) is 7. The van der Waals surface area contributed by atoms with Gasteiger partial charge < -0.3 is 21.3 Å². The van der Waals surface area contributed by atoms with E-state index in [2.05, 4.69) is 34.1 Å². The van der Waals surface area contributed by atoms with Gasteiger partial charge in [0.15, 0.2) is 0 Å². The fraction of sp³-hybridized carbons (Fsp3) is 0.192. The van der Waals surface area contributed by atoms with E-state index in [-0.39, 0.29) is 5.69 Å². The molecule has 0 saturated heterocycles. The first-order valence-corrected chi connectivity index (χ1v) is 11.6. The van der Waals surface area contributed by atoms with Gasteiger partial charge in [-0.1, -0.05) is 31.5 Å². The molecule has 2 amide bonds. The summed E-state index contributed by atoms with van der Waals surface area (Å²) in [6.07, 6.45) is 4.66.